The van der Waals surface area contributed by atoms with E-state index >= 15 is 0 Å². The van der Waals surface area contributed by atoms with Gasteiger partial charge < -0.3 is 10.0 Å². The topological polar surface area (TPSA) is 102 Å². The van der Waals surface area contributed by atoms with Crippen LogP contribution in [0.3, 0.4) is 0 Å². The van der Waals surface area contributed by atoms with Crippen molar-refractivity contribution in [2.45, 2.75) is 18.6 Å². The summed E-state index contributed by atoms with van der Waals surface area (Å²) in [6.07, 6.45) is 0.136. The van der Waals surface area contributed by atoms with Gasteiger partial charge in [-0.2, -0.15) is 9.57 Å². The van der Waals surface area contributed by atoms with Crippen LogP contribution in [0, 0.1) is 11.3 Å². The molecule has 0 aromatic rings. The first-order valence-corrected chi connectivity index (χ1v) is 7.01. The van der Waals surface area contributed by atoms with Crippen LogP contribution < -0.4 is 0 Å². The van der Waals surface area contributed by atoms with Crippen LogP contribution in [0.4, 0.5) is 0 Å². The predicted molar refractivity (Wildman–Crippen MR) is 66.4 cm³/mol. The van der Waals surface area contributed by atoms with Gasteiger partial charge in [-0.1, -0.05) is 6.92 Å². The van der Waals surface area contributed by atoms with Gasteiger partial charge in [0.05, 0.1) is 6.07 Å². The molecule has 0 radical (unpaired) electrons. The average molecular weight is 277 g/mol. The Morgan fingerprint density at radius 1 is 1.39 bits per heavy atom. The molecule has 0 aromatic heterocycles. The van der Waals surface area contributed by atoms with Gasteiger partial charge in [-0.3, -0.25) is 4.79 Å². The highest BCUT2D eigenvalue weighted by Crippen LogP contribution is 2.11. The summed E-state index contributed by atoms with van der Waals surface area (Å²) >= 11 is 0. The second-order valence-electron chi connectivity index (χ2n) is 4.10. The number of nitrogens with zero attached hydrogens (tertiary/aromatic N) is 3. The van der Waals surface area contributed by atoms with Gasteiger partial charge >= 0.3 is 5.97 Å². The SMILES string of the molecule is CCC(C#N)S(=O)(=O)N(CCN(C)C)CC(=O)O. The van der Waals surface area contributed by atoms with Gasteiger partial charge in [0.25, 0.3) is 0 Å². The van der Waals surface area contributed by atoms with E-state index in [9.17, 15) is 13.2 Å². The zero-order valence-electron chi connectivity index (χ0n) is 10.8. The molecule has 1 atom stereocenters. The molecule has 0 aromatic carbocycles. The summed E-state index contributed by atoms with van der Waals surface area (Å²) in [5, 5.41) is 16.4. The van der Waals surface area contributed by atoms with Gasteiger partial charge in [0, 0.05) is 13.1 Å². The van der Waals surface area contributed by atoms with Gasteiger partial charge in [0.15, 0.2) is 5.25 Å². The number of nitriles is 1. The molecule has 1 unspecified atom stereocenters. The minimum Gasteiger partial charge on any atom is -0.480 e. The third-order valence-electron chi connectivity index (χ3n) is 2.34. The molecule has 18 heavy (non-hydrogen) atoms. The Balaban J connectivity index is 5.05. The summed E-state index contributed by atoms with van der Waals surface area (Å²) in [6, 6.07) is 1.70. The van der Waals surface area contributed by atoms with E-state index in [1.54, 1.807) is 32.0 Å². The zero-order valence-corrected chi connectivity index (χ0v) is 11.6. The fourth-order valence-corrected chi connectivity index (χ4v) is 2.85. The summed E-state index contributed by atoms with van der Waals surface area (Å²) in [5.74, 6) is -1.23. The van der Waals surface area contributed by atoms with Crippen LogP contribution in [-0.2, 0) is 14.8 Å². The Morgan fingerprint density at radius 2 is 1.94 bits per heavy atom. The Kier molecular flexibility index (Phi) is 6.83. The third-order valence-corrected chi connectivity index (χ3v) is 4.53. The summed E-state index contributed by atoms with van der Waals surface area (Å²) in [4.78, 5) is 12.4. The van der Waals surface area contributed by atoms with Crippen LogP contribution in [-0.4, -0.2) is 67.7 Å². The van der Waals surface area contributed by atoms with Crippen molar-refractivity contribution in [2.24, 2.45) is 0 Å². The number of aliphatic carboxylic acids is 1. The first-order chi connectivity index (χ1) is 8.25. The highest BCUT2D eigenvalue weighted by atomic mass is 32.2. The lowest BCUT2D eigenvalue weighted by Crippen LogP contribution is -2.44. The molecule has 104 valence electrons. The van der Waals surface area contributed by atoms with Gasteiger partial charge in [0.1, 0.15) is 6.54 Å². The monoisotopic (exact) mass is 277 g/mol. The maximum atomic E-state index is 12.1. The molecule has 0 amide bonds. The number of rotatable bonds is 8. The summed E-state index contributed by atoms with van der Waals surface area (Å²) in [6.45, 7) is 1.42. The molecule has 1 N–H and O–H groups in total. The van der Waals surface area contributed by atoms with Gasteiger partial charge in [-0.15, -0.1) is 0 Å². The van der Waals surface area contributed by atoms with Crippen molar-refractivity contribution < 1.29 is 18.3 Å². The molecule has 0 fully saturated rings. The third kappa shape index (κ3) is 5.00. The summed E-state index contributed by atoms with van der Waals surface area (Å²) in [7, 11) is -0.375. The molecule has 0 heterocycles. The van der Waals surface area contributed by atoms with Crippen LogP contribution >= 0.6 is 0 Å². The standard InChI is InChI=1S/C10H19N3O4S/c1-4-9(7-11)18(16,17)13(8-10(14)15)6-5-12(2)3/h9H,4-6,8H2,1-3H3,(H,14,15). The summed E-state index contributed by atoms with van der Waals surface area (Å²) in [5.41, 5.74) is 0. The highest BCUT2D eigenvalue weighted by molar-refractivity contribution is 7.90. The number of carboxylic acids is 1. The smallest absolute Gasteiger partial charge is 0.318 e. The minimum absolute atomic E-state index is 0.0554. The van der Waals surface area contributed by atoms with E-state index in [1.165, 1.54) is 0 Å². The molecule has 0 aliphatic heterocycles. The summed E-state index contributed by atoms with van der Waals surface area (Å²) < 4.78 is 25.0. The number of carbonyl (C=O) groups is 1. The molecular formula is C10H19N3O4S. The van der Waals surface area contributed by atoms with Crippen molar-refractivity contribution in [2.75, 3.05) is 33.7 Å². The van der Waals surface area contributed by atoms with Crippen molar-refractivity contribution in [3.8, 4) is 6.07 Å². The maximum Gasteiger partial charge on any atom is 0.318 e. The van der Waals surface area contributed by atoms with Crippen molar-refractivity contribution in [3.05, 3.63) is 0 Å². The van der Waals surface area contributed by atoms with Crippen LogP contribution in [0.5, 0.6) is 0 Å². The highest BCUT2D eigenvalue weighted by Gasteiger charge is 2.32. The van der Waals surface area contributed by atoms with E-state index in [4.69, 9.17) is 10.4 Å². The van der Waals surface area contributed by atoms with Crippen molar-refractivity contribution in [3.63, 3.8) is 0 Å². The lowest BCUT2D eigenvalue weighted by Gasteiger charge is -2.23. The largest absolute Gasteiger partial charge is 0.480 e. The van der Waals surface area contributed by atoms with Gasteiger partial charge in [0.2, 0.25) is 10.0 Å². The van der Waals surface area contributed by atoms with Crippen LogP contribution in [0.1, 0.15) is 13.3 Å². The number of hydrogen-bond donors (Lipinski definition) is 1. The van der Waals surface area contributed by atoms with E-state index in [-0.39, 0.29) is 13.0 Å². The molecule has 0 aliphatic carbocycles. The molecule has 0 bridgehead atoms. The first kappa shape index (κ1) is 16.8. The lowest BCUT2D eigenvalue weighted by atomic mass is 10.4. The Labute approximate surface area is 108 Å². The zero-order chi connectivity index (χ0) is 14.3. The van der Waals surface area contributed by atoms with Crippen LogP contribution in [0.15, 0.2) is 0 Å². The normalized spacial score (nSPS) is 13.6. The van der Waals surface area contributed by atoms with Crippen molar-refractivity contribution >= 4 is 16.0 Å². The molecule has 8 heteroatoms. The minimum atomic E-state index is -3.89. The van der Waals surface area contributed by atoms with Crippen molar-refractivity contribution in [1.82, 2.24) is 9.21 Å². The second kappa shape index (κ2) is 7.31. The second-order valence-corrected chi connectivity index (χ2v) is 6.22. The molecular weight excluding hydrogens is 258 g/mol. The van der Waals surface area contributed by atoms with E-state index in [0.29, 0.717) is 6.54 Å². The Bertz CT molecular complexity index is 413. The Morgan fingerprint density at radius 3 is 2.28 bits per heavy atom. The number of carboxylic acid groups (broad SMARTS) is 1. The average Bonchev–Trinajstić information content (AvgIpc) is 2.24. The Hall–Kier alpha value is -1.17. The number of sulfonamides is 1. The molecule has 0 saturated heterocycles. The van der Waals surface area contributed by atoms with E-state index in [2.05, 4.69) is 0 Å². The number of hydrogen-bond acceptors (Lipinski definition) is 5. The fraction of sp³-hybridized carbons (Fsp3) is 0.800. The molecule has 7 nitrogen and oxygen atoms in total. The maximum absolute atomic E-state index is 12.1. The van der Waals surface area contributed by atoms with Gasteiger partial charge in [-0.05, 0) is 20.5 Å². The van der Waals surface area contributed by atoms with Gasteiger partial charge in [-0.25, -0.2) is 8.42 Å². The predicted octanol–water partition coefficient (Wildman–Crippen LogP) is -0.433. The van der Waals surface area contributed by atoms with E-state index in [1.807, 2.05) is 0 Å². The van der Waals surface area contributed by atoms with E-state index < -0.39 is 27.8 Å². The quantitative estimate of drug-likeness (QED) is 0.645. The molecule has 0 spiro atoms. The fourth-order valence-electron chi connectivity index (χ4n) is 1.31. The van der Waals surface area contributed by atoms with Crippen molar-refractivity contribution in [1.29, 1.82) is 5.26 Å². The van der Waals surface area contributed by atoms with Crippen LogP contribution in [0.25, 0.3) is 0 Å². The van der Waals surface area contributed by atoms with Crippen LogP contribution in [0.2, 0.25) is 0 Å². The lowest BCUT2D eigenvalue weighted by molar-refractivity contribution is -0.137. The molecule has 0 aliphatic rings. The molecule has 0 rings (SSSR count). The van der Waals surface area contributed by atoms with E-state index in [0.717, 1.165) is 4.31 Å². The molecule has 0 saturated carbocycles. The first-order valence-electron chi connectivity index (χ1n) is 5.50. The number of likely N-dealkylation sites (N-methyl/N-ethyl adjacent to an activating group) is 1.